The van der Waals surface area contributed by atoms with E-state index in [9.17, 15) is 10.2 Å². The number of rotatable bonds is 7. The molecule has 1 aliphatic carbocycles. The van der Waals surface area contributed by atoms with E-state index in [-0.39, 0.29) is 12.0 Å². The summed E-state index contributed by atoms with van der Waals surface area (Å²) in [5, 5.41) is 21.0. The second kappa shape index (κ2) is 8.85. The summed E-state index contributed by atoms with van der Waals surface area (Å²) in [6.45, 7) is 7.96. The van der Waals surface area contributed by atoms with Gasteiger partial charge in [-0.1, -0.05) is 56.0 Å². The molecule has 1 aliphatic rings. The van der Waals surface area contributed by atoms with Crippen molar-refractivity contribution in [2.75, 3.05) is 19.7 Å². The van der Waals surface area contributed by atoms with Crippen LogP contribution in [0, 0.1) is 17.3 Å². The third-order valence-corrected chi connectivity index (χ3v) is 6.03. The molecule has 0 aromatic heterocycles. The number of aliphatic hydroxyl groups is 2. The number of nitrogens with one attached hydrogen (secondary N) is 1. The van der Waals surface area contributed by atoms with Crippen molar-refractivity contribution < 1.29 is 15.1 Å². The highest BCUT2D eigenvalue weighted by molar-refractivity contribution is 5.36. The zero-order chi connectivity index (χ0) is 18.3. The standard InChI is InChI=1S/C22H33NO2/c1-4-21(13-8-9-14-21)22(25,20-11-6-5-7-12-20)15-10-16-23(17-18-24)19(2)3/h5-7,11-12,19,24-25H,4,8-9,13-14,16-18H2,1-3H3/p+1/t22-/m1/s1. The van der Waals surface area contributed by atoms with Gasteiger partial charge >= 0.3 is 0 Å². The van der Waals surface area contributed by atoms with Gasteiger partial charge in [-0.15, -0.1) is 0 Å². The molecule has 3 N–H and O–H groups in total. The molecule has 1 aromatic carbocycles. The van der Waals surface area contributed by atoms with Crippen LogP contribution in [0.5, 0.6) is 0 Å². The van der Waals surface area contributed by atoms with Gasteiger partial charge in [-0.25, -0.2) is 0 Å². The average molecular weight is 345 g/mol. The molecule has 1 fully saturated rings. The van der Waals surface area contributed by atoms with Gasteiger partial charge in [0.05, 0.1) is 12.6 Å². The predicted molar refractivity (Wildman–Crippen MR) is 102 cm³/mol. The van der Waals surface area contributed by atoms with Crippen LogP contribution < -0.4 is 4.90 Å². The maximum Gasteiger partial charge on any atom is 0.156 e. The van der Waals surface area contributed by atoms with Gasteiger partial charge in [0.25, 0.3) is 0 Å². The lowest BCUT2D eigenvalue weighted by molar-refractivity contribution is -0.914. The van der Waals surface area contributed by atoms with Gasteiger partial charge in [0.15, 0.2) is 5.60 Å². The predicted octanol–water partition coefficient (Wildman–Crippen LogP) is 2.13. The number of hydrogen-bond acceptors (Lipinski definition) is 2. The van der Waals surface area contributed by atoms with Crippen LogP contribution in [0.3, 0.4) is 0 Å². The van der Waals surface area contributed by atoms with E-state index in [0.717, 1.165) is 24.8 Å². The Morgan fingerprint density at radius 1 is 1.20 bits per heavy atom. The zero-order valence-corrected chi connectivity index (χ0v) is 16.0. The van der Waals surface area contributed by atoms with Gasteiger partial charge in [-0.2, -0.15) is 0 Å². The maximum atomic E-state index is 11.8. The van der Waals surface area contributed by atoms with Gasteiger partial charge in [0, 0.05) is 5.41 Å². The fourth-order valence-corrected chi connectivity index (χ4v) is 4.22. The van der Waals surface area contributed by atoms with Crippen LogP contribution in [0.2, 0.25) is 0 Å². The number of aliphatic hydroxyl groups excluding tert-OH is 1. The van der Waals surface area contributed by atoms with Crippen molar-refractivity contribution in [2.45, 2.75) is 64.5 Å². The highest BCUT2D eigenvalue weighted by atomic mass is 16.3. The Labute approximate surface area is 153 Å². The fraction of sp³-hybridized carbons (Fsp3) is 0.636. The SMILES string of the molecule is CCC1([C@@](O)(C#CC[NH+](CCO)C(C)C)c2ccccc2)CCCC1. The van der Waals surface area contributed by atoms with Crippen LogP contribution in [0.1, 0.15) is 58.4 Å². The van der Waals surface area contributed by atoms with E-state index in [1.54, 1.807) is 0 Å². The molecule has 1 aromatic rings. The summed E-state index contributed by atoms with van der Waals surface area (Å²) in [5.74, 6) is 6.57. The largest absolute Gasteiger partial charge is 0.391 e. The summed E-state index contributed by atoms with van der Waals surface area (Å²) >= 11 is 0. The van der Waals surface area contributed by atoms with Gasteiger partial charge in [-0.05, 0) is 44.6 Å². The first-order valence-electron chi connectivity index (χ1n) is 9.72. The Bertz CT molecular complexity index is 581. The van der Waals surface area contributed by atoms with E-state index >= 15 is 0 Å². The van der Waals surface area contributed by atoms with Crippen molar-refractivity contribution in [1.82, 2.24) is 0 Å². The third-order valence-electron chi connectivity index (χ3n) is 6.03. The van der Waals surface area contributed by atoms with Crippen molar-refractivity contribution in [1.29, 1.82) is 0 Å². The van der Waals surface area contributed by atoms with E-state index in [4.69, 9.17) is 0 Å². The molecule has 2 atom stereocenters. The van der Waals surface area contributed by atoms with Crippen LogP contribution in [-0.4, -0.2) is 36.0 Å². The van der Waals surface area contributed by atoms with Gasteiger partial charge < -0.3 is 15.1 Å². The third kappa shape index (κ3) is 4.26. The summed E-state index contributed by atoms with van der Waals surface area (Å²) in [5.41, 5.74) is -0.337. The fourth-order valence-electron chi connectivity index (χ4n) is 4.22. The molecule has 3 nitrogen and oxygen atoms in total. The van der Waals surface area contributed by atoms with Crippen LogP contribution in [0.4, 0.5) is 0 Å². The van der Waals surface area contributed by atoms with Crippen molar-refractivity contribution in [3.05, 3.63) is 35.9 Å². The molecule has 0 saturated heterocycles. The Balaban J connectivity index is 2.35. The Morgan fingerprint density at radius 2 is 1.84 bits per heavy atom. The number of benzene rings is 1. The van der Waals surface area contributed by atoms with Gasteiger partial charge in [0.2, 0.25) is 0 Å². The Hall–Kier alpha value is -1.34. The number of quaternary nitrogens is 1. The quantitative estimate of drug-likeness (QED) is 0.664. The van der Waals surface area contributed by atoms with Crippen molar-refractivity contribution in [2.24, 2.45) is 5.41 Å². The lowest BCUT2D eigenvalue weighted by atomic mass is 9.65. The molecule has 0 bridgehead atoms. The van der Waals surface area contributed by atoms with Gasteiger partial charge in [0.1, 0.15) is 13.1 Å². The Kier molecular flexibility index (Phi) is 7.07. The first-order chi connectivity index (χ1) is 12.0. The van der Waals surface area contributed by atoms with Crippen molar-refractivity contribution in [3.8, 4) is 11.8 Å². The minimum Gasteiger partial charge on any atom is -0.391 e. The molecular weight excluding hydrogens is 310 g/mol. The molecule has 1 saturated carbocycles. The molecule has 0 amide bonds. The molecule has 138 valence electrons. The van der Waals surface area contributed by atoms with E-state index in [1.165, 1.54) is 17.7 Å². The minimum absolute atomic E-state index is 0.156. The van der Waals surface area contributed by atoms with E-state index in [0.29, 0.717) is 19.1 Å². The molecule has 0 spiro atoms. The monoisotopic (exact) mass is 344 g/mol. The highest BCUT2D eigenvalue weighted by Gasteiger charge is 2.50. The molecule has 2 rings (SSSR count). The maximum absolute atomic E-state index is 11.8. The highest BCUT2D eigenvalue weighted by Crippen LogP contribution is 2.53. The van der Waals surface area contributed by atoms with Crippen LogP contribution in [0.15, 0.2) is 30.3 Å². The zero-order valence-electron chi connectivity index (χ0n) is 16.0. The summed E-state index contributed by atoms with van der Waals surface area (Å²) < 4.78 is 0. The first-order valence-corrected chi connectivity index (χ1v) is 9.72. The molecule has 1 unspecified atom stereocenters. The van der Waals surface area contributed by atoms with Gasteiger partial charge in [-0.3, -0.25) is 0 Å². The van der Waals surface area contributed by atoms with Crippen LogP contribution >= 0.6 is 0 Å². The van der Waals surface area contributed by atoms with Crippen LogP contribution in [-0.2, 0) is 5.60 Å². The lowest BCUT2D eigenvalue weighted by Gasteiger charge is -2.42. The number of hydrogen-bond donors (Lipinski definition) is 3. The smallest absolute Gasteiger partial charge is 0.156 e. The topological polar surface area (TPSA) is 44.9 Å². The van der Waals surface area contributed by atoms with E-state index in [2.05, 4.69) is 32.6 Å². The first kappa shape index (κ1) is 20.0. The van der Waals surface area contributed by atoms with Crippen molar-refractivity contribution >= 4 is 0 Å². The second-order valence-corrected chi connectivity index (χ2v) is 7.68. The molecule has 0 heterocycles. The minimum atomic E-state index is -1.10. The summed E-state index contributed by atoms with van der Waals surface area (Å²) in [7, 11) is 0. The average Bonchev–Trinajstić information content (AvgIpc) is 3.12. The summed E-state index contributed by atoms with van der Waals surface area (Å²) in [6.07, 6.45) is 5.32. The molecule has 3 heteroatoms. The van der Waals surface area contributed by atoms with Crippen LogP contribution in [0.25, 0.3) is 0 Å². The van der Waals surface area contributed by atoms with E-state index in [1.807, 2.05) is 30.3 Å². The Morgan fingerprint density at radius 3 is 2.36 bits per heavy atom. The van der Waals surface area contributed by atoms with E-state index < -0.39 is 5.60 Å². The molecule has 0 aliphatic heterocycles. The van der Waals surface area contributed by atoms with Crippen molar-refractivity contribution in [3.63, 3.8) is 0 Å². The molecule has 0 radical (unpaired) electrons. The molecular formula is C22H34NO2+. The second-order valence-electron chi connectivity index (χ2n) is 7.68. The summed E-state index contributed by atoms with van der Waals surface area (Å²) in [4.78, 5) is 1.25. The summed E-state index contributed by atoms with van der Waals surface area (Å²) in [6, 6.07) is 10.4. The molecule has 25 heavy (non-hydrogen) atoms. The lowest BCUT2D eigenvalue weighted by Crippen LogP contribution is -3.15. The normalized spacial score (nSPS) is 19.9.